The van der Waals surface area contributed by atoms with E-state index in [2.05, 4.69) is 5.32 Å². The van der Waals surface area contributed by atoms with Crippen molar-refractivity contribution in [2.45, 2.75) is 6.42 Å². The molecule has 1 amide bonds. The highest BCUT2D eigenvalue weighted by Crippen LogP contribution is 2.19. The summed E-state index contributed by atoms with van der Waals surface area (Å²) in [4.78, 5) is 34.6. The summed E-state index contributed by atoms with van der Waals surface area (Å²) in [5, 5.41) is 2.78. The van der Waals surface area contributed by atoms with Crippen molar-refractivity contribution in [3.05, 3.63) is 95.6 Å². The SMILES string of the molecule is O=Cc1ccc(OCC(=O)OCC(=O)Nc2ccccc2Cc2ccccc2)cc1. The van der Waals surface area contributed by atoms with E-state index in [-0.39, 0.29) is 6.61 Å². The first-order chi connectivity index (χ1) is 14.6. The van der Waals surface area contributed by atoms with Crippen molar-refractivity contribution >= 4 is 23.9 Å². The van der Waals surface area contributed by atoms with Gasteiger partial charge in [-0.1, -0.05) is 48.5 Å². The number of benzene rings is 3. The van der Waals surface area contributed by atoms with Gasteiger partial charge in [0.15, 0.2) is 13.2 Å². The Balaban J connectivity index is 1.47. The smallest absolute Gasteiger partial charge is 0.344 e. The van der Waals surface area contributed by atoms with Crippen LogP contribution in [0.15, 0.2) is 78.9 Å². The molecule has 3 aromatic carbocycles. The molecular weight excluding hydrogens is 382 g/mol. The summed E-state index contributed by atoms with van der Waals surface area (Å²) in [5.74, 6) is -0.668. The fourth-order valence-electron chi connectivity index (χ4n) is 2.77. The molecule has 3 rings (SSSR count). The molecule has 3 aromatic rings. The highest BCUT2D eigenvalue weighted by molar-refractivity contribution is 5.93. The molecule has 0 saturated carbocycles. The molecule has 152 valence electrons. The van der Waals surface area contributed by atoms with E-state index in [0.717, 1.165) is 11.1 Å². The van der Waals surface area contributed by atoms with Crippen LogP contribution in [0.1, 0.15) is 21.5 Å². The number of rotatable bonds is 9. The van der Waals surface area contributed by atoms with Crippen LogP contribution in [-0.4, -0.2) is 31.4 Å². The molecule has 0 aliphatic rings. The van der Waals surface area contributed by atoms with Crippen LogP contribution in [0.25, 0.3) is 0 Å². The van der Waals surface area contributed by atoms with Gasteiger partial charge in [-0.15, -0.1) is 0 Å². The van der Waals surface area contributed by atoms with Gasteiger partial charge in [-0.05, 0) is 47.9 Å². The highest BCUT2D eigenvalue weighted by Gasteiger charge is 2.11. The van der Waals surface area contributed by atoms with Crippen molar-refractivity contribution in [2.24, 2.45) is 0 Å². The summed E-state index contributed by atoms with van der Waals surface area (Å²) in [5.41, 5.74) is 3.28. The maximum absolute atomic E-state index is 12.2. The molecule has 6 heteroatoms. The van der Waals surface area contributed by atoms with Crippen LogP contribution in [0.2, 0.25) is 0 Å². The molecule has 0 heterocycles. The third-order valence-corrected chi connectivity index (χ3v) is 4.27. The van der Waals surface area contributed by atoms with E-state index in [1.165, 1.54) is 0 Å². The minimum absolute atomic E-state index is 0.335. The molecule has 0 saturated heterocycles. The monoisotopic (exact) mass is 403 g/mol. The second kappa shape index (κ2) is 10.6. The standard InChI is InChI=1S/C24H21NO5/c26-15-19-10-12-21(13-11-19)29-17-24(28)30-16-23(27)25-22-9-5-4-8-20(22)14-18-6-2-1-3-7-18/h1-13,15H,14,16-17H2,(H,25,27). The average Bonchev–Trinajstić information content (AvgIpc) is 2.78. The van der Waals surface area contributed by atoms with Gasteiger partial charge in [0, 0.05) is 11.3 Å². The quantitative estimate of drug-likeness (QED) is 0.436. The van der Waals surface area contributed by atoms with Crippen molar-refractivity contribution in [2.75, 3.05) is 18.5 Å². The molecule has 0 bridgehead atoms. The lowest BCUT2D eigenvalue weighted by Gasteiger charge is -2.12. The molecule has 1 N–H and O–H groups in total. The molecule has 6 nitrogen and oxygen atoms in total. The first kappa shape index (κ1) is 20.8. The predicted octanol–water partition coefficient (Wildman–Crippen LogP) is 3.65. The van der Waals surface area contributed by atoms with Gasteiger partial charge in [0.05, 0.1) is 0 Å². The van der Waals surface area contributed by atoms with Gasteiger partial charge in [0.1, 0.15) is 12.0 Å². The number of carbonyl (C=O) groups excluding carboxylic acids is 3. The van der Waals surface area contributed by atoms with Crippen LogP contribution in [0.5, 0.6) is 5.75 Å². The van der Waals surface area contributed by atoms with Crippen molar-refractivity contribution in [3.63, 3.8) is 0 Å². The van der Waals surface area contributed by atoms with Crippen LogP contribution >= 0.6 is 0 Å². The predicted molar refractivity (Wildman–Crippen MR) is 113 cm³/mol. The Morgan fingerprint density at radius 3 is 2.27 bits per heavy atom. The minimum atomic E-state index is -0.665. The van der Waals surface area contributed by atoms with Crippen LogP contribution in [0.4, 0.5) is 5.69 Å². The van der Waals surface area contributed by atoms with E-state index >= 15 is 0 Å². The number of ether oxygens (including phenoxy) is 2. The van der Waals surface area contributed by atoms with Crippen molar-refractivity contribution in [3.8, 4) is 5.75 Å². The van der Waals surface area contributed by atoms with Gasteiger partial charge < -0.3 is 14.8 Å². The fraction of sp³-hybridized carbons (Fsp3) is 0.125. The molecule has 0 aliphatic carbocycles. The lowest BCUT2D eigenvalue weighted by molar-refractivity contribution is -0.149. The Labute approximate surface area is 174 Å². The molecule has 30 heavy (non-hydrogen) atoms. The fourth-order valence-corrected chi connectivity index (χ4v) is 2.77. The van der Waals surface area contributed by atoms with Crippen LogP contribution in [-0.2, 0) is 20.7 Å². The third-order valence-electron chi connectivity index (χ3n) is 4.27. The number of nitrogens with one attached hydrogen (secondary N) is 1. The summed E-state index contributed by atoms with van der Waals surface area (Å²) >= 11 is 0. The van der Waals surface area contributed by atoms with E-state index < -0.39 is 18.5 Å². The Morgan fingerprint density at radius 2 is 1.53 bits per heavy atom. The average molecular weight is 403 g/mol. The largest absolute Gasteiger partial charge is 0.482 e. The molecule has 0 aromatic heterocycles. The topological polar surface area (TPSA) is 81.7 Å². The van der Waals surface area contributed by atoms with Gasteiger partial charge >= 0.3 is 5.97 Å². The first-order valence-electron chi connectivity index (χ1n) is 9.39. The minimum Gasteiger partial charge on any atom is -0.482 e. The van der Waals surface area contributed by atoms with Crippen LogP contribution in [0, 0.1) is 0 Å². The zero-order chi connectivity index (χ0) is 21.2. The van der Waals surface area contributed by atoms with E-state index in [9.17, 15) is 14.4 Å². The third kappa shape index (κ3) is 6.31. The molecule has 0 spiro atoms. The Bertz CT molecular complexity index is 1000. The summed E-state index contributed by atoms with van der Waals surface area (Å²) in [6, 6.07) is 23.7. The second-order valence-corrected chi connectivity index (χ2v) is 6.50. The lowest BCUT2D eigenvalue weighted by atomic mass is 10.0. The number of anilines is 1. The Morgan fingerprint density at radius 1 is 0.833 bits per heavy atom. The van der Waals surface area contributed by atoms with Crippen LogP contribution in [0.3, 0.4) is 0 Å². The van der Waals surface area contributed by atoms with E-state index in [4.69, 9.17) is 9.47 Å². The van der Waals surface area contributed by atoms with Crippen molar-refractivity contribution < 1.29 is 23.9 Å². The van der Waals surface area contributed by atoms with Crippen molar-refractivity contribution in [1.82, 2.24) is 0 Å². The summed E-state index contributed by atoms with van der Waals surface area (Å²) < 4.78 is 10.2. The number of esters is 1. The van der Waals surface area contributed by atoms with E-state index in [1.807, 2.05) is 54.6 Å². The number of para-hydroxylation sites is 1. The van der Waals surface area contributed by atoms with Gasteiger partial charge in [0.2, 0.25) is 0 Å². The molecular formula is C24H21NO5. The number of carbonyl (C=O) groups is 3. The Hall–Kier alpha value is -3.93. The molecule has 0 atom stereocenters. The van der Waals surface area contributed by atoms with Gasteiger partial charge in [-0.25, -0.2) is 4.79 Å². The molecule has 0 radical (unpaired) electrons. The van der Waals surface area contributed by atoms with Gasteiger partial charge in [-0.2, -0.15) is 0 Å². The Kier molecular flexibility index (Phi) is 7.33. The number of hydrogen-bond acceptors (Lipinski definition) is 5. The summed E-state index contributed by atoms with van der Waals surface area (Å²) in [7, 11) is 0. The van der Waals surface area contributed by atoms with Gasteiger partial charge in [0.25, 0.3) is 5.91 Å². The number of aldehydes is 1. The normalized spacial score (nSPS) is 10.1. The summed E-state index contributed by atoms with van der Waals surface area (Å²) in [6.07, 6.45) is 1.39. The van der Waals surface area contributed by atoms with E-state index in [1.54, 1.807) is 24.3 Å². The van der Waals surface area contributed by atoms with Gasteiger partial charge in [-0.3, -0.25) is 9.59 Å². The number of amides is 1. The zero-order valence-corrected chi connectivity index (χ0v) is 16.2. The second-order valence-electron chi connectivity index (χ2n) is 6.50. The van der Waals surface area contributed by atoms with Crippen LogP contribution < -0.4 is 10.1 Å². The zero-order valence-electron chi connectivity index (χ0n) is 16.2. The molecule has 0 unspecified atom stereocenters. The molecule has 0 fully saturated rings. The first-order valence-corrected chi connectivity index (χ1v) is 9.39. The lowest BCUT2D eigenvalue weighted by Crippen LogP contribution is -2.24. The van der Waals surface area contributed by atoms with Crippen molar-refractivity contribution in [1.29, 1.82) is 0 Å². The maximum atomic E-state index is 12.2. The molecule has 0 aliphatic heterocycles. The number of hydrogen-bond donors (Lipinski definition) is 1. The maximum Gasteiger partial charge on any atom is 0.344 e. The summed E-state index contributed by atoms with van der Waals surface area (Å²) in [6.45, 7) is -0.746. The van der Waals surface area contributed by atoms with E-state index in [0.29, 0.717) is 29.7 Å². The highest BCUT2D eigenvalue weighted by atomic mass is 16.6.